The van der Waals surface area contributed by atoms with E-state index in [9.17, 15) is 9.59 Å². The third kappa shape index (κ3) is 6.71. The molecule has 0 radical (unpaired) electrons. The Morgan fingerprint density at radius 3 is 2.06 bits per heavy atom. The van der Waals surface area contributed by atoms with E-state index in [0.29, 0.717) is 22.7 Å². The lowest BCUT2D eigenvalue weighted by molar-refractivity contribution is -0.118. The summed E-state index contributed by atoms with van der Waals surface area (Å²) in [5.41, 5.74) is 4.05. The maximum Gasteiger partial charge on any atom is 0.262 e. The first-order valence-electron chi connectivity index (χ1n) is 11.2. The Morgan fingerprint density at radius 1 is 0.714 bits per heavy atom. The van der Waals surface area contributed by atoms with Crippen LogP contribution in [0.4, 0.5) is 11.4 Å². The second kappa shape index (κ2) is 11.0. The van der Waals surface area contributed by atoms with Crippen LogP contribution in [0.5, 0.6) is 17.2 Å². The topological polar surface area (TPSA) is 76.7 Å². The average Bonchev–Trinajstić information content (AvgIpc) is 2.86. The van der Waals surface area contributed by atoms with Gasteiger partial charge in [0.15, 0.2) is 6.61 Å². The van der Waals surface area contributed by atoms with Crippen LogP contribution < -0.4 is 20.1 Å². The van der Waals surface area contributed by atoms with E-state index < -0.39 is 0 Å². The van der Waals surface area contributed by atoms with Gasteiger partial charge in [0.05, 0.1) is 0 Å². The molecular formula is C29H26N2O4. The molecule has 0 atom stereocenters. The largest absolute Gasteiger partial charge is 0.484 e. The Bertz CT molecular complexity index is 1300. The van der Waals surface area contributed by atoms with Crippen LogP contribution in [0.2, 0.25) is 0 Å². The second-order valence-corrected chi connectivity index (χ2v) is 8.07. The van der Waals surface area contributed by atoms with Crippen LogP contribution in [0.25, 0.3) is 0 Å². The highest BCUT2D eigenvalue weighted by molar-refractivity contribution is 6.04. The number of hydrogen-bond donors (Lipinski definition) is 2. The Labute approximate surface area is 204 Å². The smallest absolute Gasteiger partial charge is 0.262 e. The van der Waals surface area contributed by atoms with Crippen molar-refractivity contribution < 1.29 is 19.1 Å². The monoisotopic (exact) mass is 466 g/mol. The molecule has 0 aliphatic rings. The van der Waals surface area contributed by atoms with Gasteiger partial charge in [-0.2, -0.15) is 0 Å². The predicted molar refractivity (Wildman–Crippen MR) is 137 cm³/mol. The van der Waals surface area contributed by atoms with E-state index >= 15 is 0 Å². The number of anilines is 2. The third-order valence-electron chi connectivity index (χ3n) is 5.23. The van der Waals surface area contributed by atoms with Gasteiger partial charge in [0.2, 0.25) is 0 Å². The number of nitrogens with one attached hydrogen (secondary N) is 2. The minimum atomic E-state index is -0.293. The van der Waals surface area contributed by atoms with E-state index in [1.54, 1.807) is 48.5 Å². The fourth-order valence-corrected chi connectivity index (χ4v) is 3.43. The van der Waals surface area contributed by atoms with Gasteiger partial charge >= 0.3 is 0 Å². The van der Waals surface area contributed by atoms with Gasteiger partial charge < -0.3 is 20.1 Å². The van der Waals surface area contributed by atoms with Crippen LogP contribution in [-0.2, 0) is 4.79 Å². The van der Waals surface area contributed by atoms with Gasteiger partial charge in [-0.15, -0.1) is 0 Å². The highest BCUT2D eigenvalue weighted by Gasteiger charge is 2.09. The number of hydrogen-bond acceptors (Lipinski definition) is 4. The Kier molecular flexibility index (Phi) is 7.43. The molecule has 0 aliphatic heterocycles. The molecule has 35 heavy (non-hydrogen) atoms. The van der Waals surface area contributed by atoms with Crippen molar-refractivity contribution in [1.82, 2.24) is 0 Å². The summed E-state index contributed by atoms with van der Waals surface area (Å²) < 4.78 is 11.3. The average molecular weight is 467 g/mol. The van der Waals surface area contributed by atoms with Crippen molar-refractivity contribution in [2.45, 2.75) is 13.8 Å². The quantitative estimate of drug-likeness (QED) is 0.317. The number of aryl methyl sites for hydroxylation is 2. The number of carbonyl (C=O) groups is 2. The summed E-state index contributed by atoms with van der Waals surface area (Å²) in [5.74, 6) is 1.41. The van der Waals surface area contributed by atoms with Crippen LogP contribution in [0.3, 0.4) is 0 Å². The first kappa shape index (κ1) is 23.6. The van der Waals surface area contributed by atoms with Gasteiger partial charge in [0.25, 0.3) is 11.8 Å². The SMILES string of the molecule is Cc1ccc(NC(=O)c2ccc(OCC(=O)Nc3ccc(Oc4ccccc4)cc3)cc2)c(C)c1. The molecule has 4 aromatic rings. The molecule has 0 aromatic heterocycles. The molecule has 4 aromatic carbocycles. The number of carbonyl (C=O) groups excluding carboxylic acids is 2. The summed E-state index contributed by atoms with van der Waals surface area (Å²) in [6.07, 6.45) is 0. The molecule has 0 saturated heterocycles. The van der Waals surface area contributed by atoms with Crippen molar-refractivity contribution in [3.8, 4) is 17.2 Å². The zero-order valence-corrected chi connectivity index (χ0v) is 19.6. The first-order chi connectivity index (χ1) is 17.0. The lowest BCUT2D eigenvalue weighted by atomic mass is 10.1. The van der Waals surface area contributed by atoms with Gasteiger partial charge in [-0.05, 0) is 86.1 Å². The molecule has 0 heterocycles. The van der Waals surface area contributed by atoms with Crippen LogP contribution in [0.1, 0.15) is 21.5 Å². The Morgan fingerprint density at radius 2 is 1.37 bits per heavy atom. The fourth-order valence-electron chi connectivity index (χ4n) is 3.43. The molecule has 0 saturated carbocycles. The van der Waals surface area contributed by atoms with Gasteiger partial charge in [0.1, 0.15) is 17.2 Å². The normalized spacial score (nSPS) is 10.3. The van der Waals surface area contributed by atoms with Gasteiger partial charge in [-0.3, -0.25) is 9.59 Å². The van der Waals surface area contributed by atoms with Crippen LogP contribution in [-0.4, -0.2) is 18.4 Å². The molecule has 0 bridgehead atoms. The first-order valence-corrected chi connectivity index (χ1v) is 11.2. The minimum Gasteiger partial charge on any atom is -0.484 e. The minimum absolute atomic E-state index is 0.156. The van der Waals surface area contributed by atoms with Crippen molar-refractivity contribution in [1.29, 1.82) is 0 Å². The molecule has 6 nitrogen and oxygen atoms in total. The standard InChI is InChI=1S/C29H26N2O4/c1-20-8-17-27(21(2)18-20)31-29(33)22-9-13-24(14-10-22)34-19-28(32)30-23-11-15-26(16-12-23)35-25-6-4-3-5-7-25/h3-18H,19H2,1-2H3,(H,30,32)(H,31,33). The van der Waals surface area contributed by atoms with Gasteiger partial charge in [-0.1, -0.05) is 35.9 Å². The zero-order valence-electron chi connectivity index (χ0n) is 19.6. The zero-order chi connectivity index (χ0) is 24.6. The van der Waals surface area contributed by atoms with E-state index in [0.717, 1.165) is 22.6 Å². The predicted octanol–water partition coefficient (Wildman–Crippen LogP) is 6.37. The van der Waals surface area contributed by atoms with Crippen LogP contribution >= 0.6 is 0 Å². The second-order valence-electron chi connectivity index (χ2n) is 8.07. The number of amides is 2. The van der Waals surface area contributed by atoms with E-state index in [1.165, 1.54) is 0 Å². The molecule has 0 fully saturated rings. The summed E-state index contributed by atoms with van der Waals surface area (Å²) in [6, 6.07) is 29.1. The Balaban J connectivity index is 1.25. The van der Waals surface area contributed by atoms with Crippen molar-refractivity contribution in [2.75, 3.05) is 17.2 Å². The maximum absolute atomic E-state index is 12.5. The summed E-state index contributed by atoms with van der Waals surface area (Å²) in [4.78, 5) is 24.8. The molecule has 0 unspecified atom stereocenters. The van der Waals surface area contributed by atoms with Gasteiger partial charge in [-0.25, -0.2) is 0 Å². The van der Waals surface area contributed by atoms with Crippen molar-refractivity contribution in [3.05, 3.63) is 114 Å². The third-order valence-corrected chi connectivity index (χ3v) is 5.23. The summed E-state index contributed by atoms with van der Waals surface area (Å²) in [5, 5.41) is 5.70. The van der Waals surface area contributed by atoms with E-state index in [2.05, 4.69) is 10.6 Å². The lowest BCUT2D eigenvalue weighted by Gasteiger charge is -2.11. The molecule has 0 aliphatic carbocycles. The number of benzene rings is 4. The molecule has 6 heteroatoms. The van der Waals surface area contributed by atoms with E-state index in [4.69, 9.17) is 9.47 Å². The Hall–Kier alpha value is -4.58. The highest BCUT2D eigenvalue weighted by atomic mass is 16.5. The van der Waals surface area contributed by atoms with E-state index in [-0.39, 0.29) is 18.4 Å². The molecule has 176 valence electrons. The summed E-state index contributed by atoms with van der Waals surface area (Å²) in [6.45, 7) is 3.81. The number of para-hydroxylation sites is 1. The van der Waals surface area contributed by atoms with Crippen molar-refractivity contribution in [2.24, 2.45) is 0 Å². The number of rotatable bonds is 8. The molecule has 2 amide bonds. The van der Waals surface area contributed by atoms with Crippen molar-refractivity contribution in [3.63, 3.8) is 0 Å². The molecule has 0 spiro atoms. The molecule has 4 rings (SSSR count). The van der Waals surface area contributed by atoms with Crippen molar-refractivity contribution >= 4 is 23.2 Å². The summed E-state index contributed by atoms with van der Waals surface area (Å²) >= 11 is 0. The lowest BCUT2D eigenvalue weighted by Crippen LogP contribution is -2.20. The van der Waals surface area contributed by atoms with Crippen LogP contribution in [0.15, 0.2) is 97.1 Å². The molecule has 2 N–H and O–H groups in total. The highest BCUT2D eigenvalue weighted by Crippen LogP contribution is 2.23. The van der Waals surface area contributed by atoms with Crippen LogP contribution in [0, 0.1) is 13.8 Å². The maximum atomic E-state index is 12.5. The molecular weight excluding hydrogens is 440 g/mol. The van der Waals surface area contributed by atoms with E-state index in [1.807, 2.05) is 62.4 Å². The summed E-state index contributed by atoms with van der Waals surface area (Å²) in [7, 11) is 0. The van der Waals surface area contributed by atoms with Gasteiger partial charge in [0, 0.05) is 16.9 Å². The number of ether oxygens (including phenoxy) is 2. The fraction of sp³-hybridized carbons (Fsp3) is 0.103.